The Hall–Kier alpha value is -0.610. The molecule has 3 aliphatic heterocycles. The Balaban J connectivity index is 1.37. The fraction of sp³-hybridized carbons (Fsp3) is 1.00. The standard InChI is InChI=1S/C41H77F3N2O8/c1-2-3-4-5-6-7-8-9-10-11-14-17-20-23-33(48)32(27-53-39-38(51)37(50)36(49)34(26-47)54-39)45-35(41(42,43)44)24-21-18-15-12-13-16-19-22-25-46-28-40(29-46)30-52-31-40/h32-39,45,47-51H,2-31H2,1H3/t32-,33+,34?,35?,36?,37?,38?,39?/m0/s1. The van der Waals surface area contributed by atoms with E-state index < -0.39 is 68.3 Å². The highest BCUT2D eigenvalue weighted by Crippen LogP contribution is 2.37. The van der Waals surface area contributed by atoms with Crippen LogP contribution >= 0.6 is 0 Å². The summed E-state index contributed by atoms with van der Waals surface area (Å²) in [4.78, 5) is 2.50. The number of aliphatic hydroxyl groups excluding tert-OH is 5. The Kier molecular flexibility index (Phi) is 23.4. The fourth-order valence-electron chi connectivity index (χ4n) is 8.22. The van der Waals surface area contributed by atoms with E-state index >= 15 is 0 Å². The van der Waals surface area contributed by atoms with E-state index in [1.54, 1.807) is 0 Å². The fourth-order valence-corrected chi connectivity index (χ4v) is 8.22. The van der Waals surface area contributed by atoms with Crippen LogP contribution in [0.4, 0.5) is 13.2 Å². The molecule has 3 heterocycles. The van der Waals surface area contributed by atoms with Crippen molar-refractivity contribution in [1.29, 1.82) is 0 Å². The molecule has 3 fully saturated rings. The molecule has 0 saturated carbocycles. The maximum atomic E-state index is 14.3. The summed E-state index contributed by atoms with van der Waals surface area (Å²) in [6.45, 7) is 6.41. The zero-order chi connectivity index (χ0) is 39.2. The first-order chi connectivity index (χ1) is 26.0. The molecule has 0 bridgehead atoms. The lowest BCUT2D eigenvalue weighted by Gasteiger charge is -2.55. The Bertz CT molecular complexity index is 939. The molecule has 3 saturated heterocycles. The monoisotopic (exact) mass is 783 g/mol. The average Bonchev–Trinajstić information content (AvgIpc) is 3.10. The van der Waals surface area contributed by atoms with Crippen molar-refractivity contribution in [3.63, 3.8) is 0 Å². The van der Waals surface area contributed by atoms with Crippen LogP contribution in [-0.2, 0) is 14.2 Å². The van der Waals surface area contributed by atoms with Gasteiger partial charge in [-0.2, -0.15) is 13.2 Å². The van der Waals surface area contributed by atoms with Crippen molar-refractivity contribution in [2.24, 2.45) is 5.41 Å². The predicted octanol–water partition coefficient (Wildman–Crippen LogP) is 6.38. The third kappa shape index (κ3) is 17.5. The number of alkyl halides is 3. The van der Waals surface area contributed by atoms with Gasteiger partial charge in [0.1, 0.15) is 30.5 Å². The summed E-state index contributed by atoms with van der Waals surface area (Å²) < 4.78 is 59.3. The maximum absolute atomic E-state index is 14.3. The Morgan fingerprint density at radius 1 is 0.722 bits per heavy atom. The number of hydrogen-bond donors (Lipinski definition) is 6. The lowest BCUT2D eigenvalue weighted by Crippen LogP contribution is -2.65. The molecular formula is C41H77F3N2O8. The van der Waals surface area contributed by atoms with Crippen molar-refractivity contribution in [2.45, 2.75) is 210 Å². The van der Waals surface area contributed by atoms with Crippen LogP contribution in [0.5, 0.6) is 0 Å². The molecule has 3 rings (SSSR count). The van der Waals surface area contributed by atoms with E-state index in [4.69, 9.17) is 14.2 Å². The van der Waals surface area contributed by atoms with Gasteiger partial charge in [0.2, 0.25) is 0 Å². The van der Waals surface area contributed by atoms with Crippen molar-refractivity contribution in [3.05, 3.63) is 0 Å². The van der Waals surface area contributed by atoms with Crippen molar-refractivity contribution < 1.29 is 52.9 Å². The zero-order valence-corrected chi connectivity index (χ0v) is 33.4. The SMILES string of the molecule is CCCCCCCCCCCCCCC[C@@H](O)[C@H](COC1OC(CO)C(O)C(O)C1O)NC(CCCCCCCCCCN1CC2(COC2)C1)C(F)(F)F. The van der Waals surface area contributed by atoms with Gasteiger partial charge in [-0.3, -0.25) is 5.32 Å². The second-order valence-electron chi connectivity index (χ2n) is 16.8. The van der Waals surface area contributed by atoms with E-state index in [0.717, 1.165) is 84.2 Å². The van der Waals surface area contributed by atoms with Gasteiger partial charge in [-0.05, 0) is 25.8 Å². The van der Waals surface area contributed by atoms with Gasteiger partial charge in [-0.15, -0.1) is 0 Å². The number of aliphatic hydroxyl groups is 5. The number of hydrogen-bond acceptors (Lipinski definition) is 10. The lowest BCUT2D eigenvalue weighted by molar-refractivity contribution is -0.303. The summed E-state index contributed by atoms with van der Waals surface area (Å²) in [6, 6.07) is -2.97. The molecule has 0 aromatic carbocycles. The first kappa shape index (κ1) is 47.8. The minimum atomic E-state index is -4.54. The van der Waals surface area contributed by atoms with Crippen molar-refractivity contribution in [3.8, 4) is 0 Å². The molecule has 3 aliphatic rings. The molecule has 0 aromatic heterocycles. The van der Waals surface area contributed by atoms with Crippen LogP contribution in [0, 0.1) is 5.41 Å². The number of rotatable bonds is 32. The Morgan fingerprint density at radius 2 is 1.22 bits per heavy atom. The van der Waals surface area contributed by atoms with Crippen LogP contribution in [0.3, 0.4) is 0 Å². The molecule has 0 radical (unpaired) electrons. The molecule has 0 aromatic rings. The first-order valence-electron chi connectivity index (χ1n) is 21.7. The summed E-state index contributed by atoms with van der Waals surface area (Å²) in [5, 5.41) is 54.0. The van der Waals surface area contributed by atoms with Crippen molar-refractivity contribution >= 4 is 0 Å². The van der Waals surface area contributed by atoms with E-state index in [2.05, 4.69) is 17.1 Å². The van der Waals surface area contributed by atoms with Crippen molar-refractivity contribution in [1.82, 2.24) is 10.2 Å². The largest absolute Gasteiger partial charge is 0.403 e. The molecule has 320 valence electrons. The lowest BCUT2D eigenvalue weighted by atomic mass is 9.78. The second-order valence-corrected chi connectivity index (χ2v) is 16.8. The third-order valence-electron chi connectivity index (χ3n) is 11.8. The maximum Gasteiger partial charge on any atom is 0.403 e. The van der Waals surface area contributed by atoms with E-state index in [9.17, 15) is 38.7 Å². The van der Waals surface area contributed by atoms with Crippen LogP contribution in [0.2, 0.25) is 0 Å². The number of nitrogens with one attached hydrogen (secondary N) is 1. The Morgan fingerprint density at radius 3 is 1.70 bits per heavy atom. The van der Waals surface area contributed by atoms with Crippen LogP contribution < -0.4 is 5.32 Å². The molecule has 6 N–H and O–H groups in total. The molecule has 54 heavy (non-hydrogen) atoms. The molecule has 13 heteroatoms. The molecule has 1 spiro atoms. The molecule has 6 unspecified atom stereocenters. The highest BCUT2D eigenvalue weighted by Gasteiger charge is 2.48. The summed E-state index contributed by atoms with van der Waals surface area (Å²) in [7, 11) is 0. The van der Waals surface area contributed by atoms with Crippen LogP contribution in [0.15, 0.2) is 0 Å². The predicted molar refractivity (Wildman–Crippen MR) is 204 cm³/mol. The quantitative estimate of drug-likeness (QED) is 0.0426. The third-order valence-corrected chi connectivity index (χ3v) is 11.8. The summed E-state index contributed by atoms with van der Waals surface area (Å²) in [5.74, 6) is 0. The summed E-state index contributed by atoms with van der Waals surface area (Å²) in [5.41, 5.74) is 0.453. The van der Waals surface area contributed by atoms with E-state index in [-0.39, 0.29) is 12.8 Å². The minimum Gasteiger partial charge on any atom is -0.394 e. The van der Waals surface area contributed by atoms with E-state index in [1.807, 2.05) is 0 Å². The average molecular weight is 783 g/mol. The number of likely N-dealkylation sites (tertiary alicyclic amines) is 1. The topological polar surface area (TPSA) is 144 Å². The van der Waals surface area contributed by atoms with Gasteiger partial charge in [0, 0.05) is 18.5 Å². The Labute approximate surface area is 323 Å². The summed E-state index contributed by atoms with van der Waals surface area (Å²) in [6.07, 6.45) is 9.43. The minimum absolute atomic E-state index is 0.131. The van der Waals surface area contributed by atoms with Gasteiger partial charge >= 0.3 is 6.18 Å². The van der Waals surface area contributed by atoms with Gasteiger partial charge < -0.3 is 44.6 Å². The van der Waals surface area contributed by atoms with Crippen molar-refractivity contribution in [2.75, 3.05) is 46.1 Å². The summed E-state index contributed by atoms with van der Waals surface area (Å²) >= 11 is 0. The number of halogens is 3. The van der Waals surface area contributed by atoms with Crippen LogP contribution in [0.1, 0.15) is 155 Å². The normalized spacial score (nSPS) is 26.1. The van der Waals surface area contributed by atoms with Gasteiger partial charge in [0.05, 0.1) is 38.6 Å². The first-order valence-corrected chi connectivity index (χ1v) is 21.7. The molecule has 0 amide bonds. The van der Waals surface area contributed by atoms with Gasteiger partial charge in [0.15, 0.2) is 6.29 Å². The number of ether oxygens (including phenoxy) is 3. The smallest absolute Gasteiger partial charge is 0.394 e. The highest BCUT2D eigenvalue weighted by molar-refractivity contribution is 4.99. The van der Waals surface area contributed by atoms with Gasteiger partial charge in [-0.1, -0.05) is 135 Å². The van der Waals surface area contributed by atoms with Crippen LogP contribution in [-0.4, -0.2) is 132 Å². The highest BCUT2D eigenvalue weighted by atomic mass is 19.4. The van der Waals surface area contributed by atoms with Crippen LogP contribution in [0.25, 0.3) is 0 Å². The van der Waals surface area contributed by atoms with E-state index in [0.29, 0.717) is 24.7 Å². The van der Waals surface area contributed by atoms with Gasteiger partial charge in [-0.25, -0.2) is 0 Å². The van der Waals surface area contributed by atoms with Gasteiger partial charge in [0.25, 0.3) is 0 Å². The molecule has 8 atom stereocenters. The molecule has 0 aliphatic carbocycles. The molecule has 10 nitrogen and oxygen atoms in total. The second kappa shape index (κ2) is 26.4. The zero-order valence-electron chi connectivity index (χ0n) is 33.4. The number of unbranched alkanes of at least 4 members (excludes halogenated alkanes) is 19. The molecular weight excluding hydrogens is 705 g/mol. The van der Waals surface area contributed by atoms with E-state index in [1.165, 1.54) is 64.2 Å². The number of nitrogens with zero attached hydrogens (tertiary/aromatic N) is 1.